The average molecular weight is 465 g/mol. The van der Waals surface area contributed by atoms with E-state index >= 15 is 0 Å². The van der Waals surface area contributed by atoms with Crippen molar-refractivity contribution in [2.75, 3.05) is 37.7 Å². The van der Waals surface area contributed by atoms with Gasteiger partial charge in [-0.3, -0.25) is 9.59 Å². The standard InChI is InChI=1S/C23H26Cl2N2O4/c1-17(23(29)27-13-11-26(12-14-27)19-6-3-2-4-7-19)31-22(28)8-5-15-30-21-10-9-18(24)16-20(21)25/h2-4,6-7,9-10,16-17H,5,8,11-15H2,1H3. The molecule has 1 fully saturated rings. The molecule has 0 aromatic heterocycles. The highest BCUT2D eigenvalue weighted by molar-refractivity contribution is 6.35. The number of hydrogen-bond acceptors (Lipinski definition) is 5. The van der Waals surface area contributed by atoms with Crippen molar-refractivity contribution in [1.82, 2.24) is 4.90 Å². The number of rotatable bonds is 8. The quantitative estimate of drug-likeness (QED) is 0.427. The van der Waals surface area contributed by atoms with E-state index in [1.54, 1.807) is 30.0 Å². The van der Waals surface area contributed by atoms with Crippen molar-refractivity contribution in [3.05, 3.63) is 58.6 Å². The predicted octanol–water partition coefficient (Wildman–Crippen LogP) is 4.43. The first kappa shape index (κ1) is 23.2. The Labute approximate surface area is 192 Å². The number of carbonyl (C=O) groups excluding carboxylic acids is 2. The zero-order chi connectivity index (χ0) is 22.2. The van der Waals surface area contributed by atoms with E-state index < -0.39 is 12.1 Å². The summed E-state index contributed by atoms with van der Waals surface area (Å²) in [5, 5.41) is 0.947. The second-order valence-corrected chi connectivity index (χ2v) is 8.15. The Morgan fingerprint density at radius 1 is 1.03 bits per heavy atom. The minimum Gasteiger partial charge on any atom is -0.492 e. The number of carbonyl (C=O) groups is 2. The van der Waals surface area contributed by atoms with Gasteiger partial charge < -0.3 is 19.3 Å². The molecule has 166 valence electrons. The second kappa shape index (κ2) is 11.3. The molecule has 1 atom stereocenters. The third kappa shape index (κ3) is 6.77. The highest BCUT2D eigenvalue weighted by Gasteiger charge is 2.27. The van der Waals surface area contributed by atoms with Crippen LogP contribution in [0.2, 0.25) is 10.0 Å². The van der Waals surface area contributed by atoms with Gasteiger partial charge in [0.05, 0.1) is 11.6 Å². The molecule has 0 radical (unpaired) electrons. The highest BCUT2D eigenvalue weighted by Crippen LogP contribution is 2.27. The molecule has 31 heavy (non-hydrogen) atoms. The largest absolute Gasteiger partial charge is 0.492 e. The van der Waals surface area contributed by atoms with Crippen LogP contribution in [0.3, 0.4) is 0 Å². The van der Waals surface area contributed by atoms with Gasteiger partial charge in [0.1, 0.15) is 5.75 Å². The number of benzene rings is 2. The lowest BCUT2D eigenvalue weighted by Crippen LogP contribution is -2.51. The first-order valence-electron chi connectivity index (χ1n) is 10.3. The Morgan fingerprint density at radius 3 is 2.42 bits per heavy atom. The molecule has 0 N–H and O–H groups in total. The molecule has 2 aromatic carbocycles. The van der Waals surface area contributed by atoms with E-state index in [4.69, 9.17) is 32.7 Å². The zero-order valence-corrected chi connectivity index (χ0v) is 18.9. The third-order valence-corrected chi connectivity index (χ3v) is 5.58. The van der Waals surface area contributed by atoms with E-state index in [1.807, 2.05) is 18.2 Å². The van der Waals surface area contributed by atoms with Crippen LogP contribution in [-0.2, 0) is 14.3 Å². The van der Waals surface area contributed by atoms with Crippen LogP contribution in [0.25, 0.3) is 0 Å². The van der Waals surface area contributed by atoms with E-state index in [1.165, 1.54) is 0 Å². The minimum absolute atomic E-state index is 0.157. The van der Waals surface area contributed by atoms with Crippen molar-refractivity contribution < 1.29 is 19.1 Å². The summed E-state index contributed by atoms with van der Waals surface area (Å²) in [6.07, 6.45) is -0.193. The fourth-order valence-corrected chi connectivity index (χ4v) is 3.84. The molecule has 1 saturated heterocycles. The van der Waals surface area contributed by atoms with Crippen LogP contribution in [0.5, 0.6) is 5.75 Å². The minimum atomic E-state index is -0.803. The third-order valence-electron chi connectivity index (χ3n) is 5.05. The van der Waals surface area contributed by atoms with Gasteiger partial charge in [0.15, 0.2) is 6.10 Å². The summed E-state index contributed by atoms with van der Waals surface area (Å²) in [4.78, 5) is 28.7. The molecule has 0 spiro atoms. The molecule has 3 rings (SSSR count). The van der Waals surface area contributed by atoms with Crippen LogP contribution in [-0.4, -0.2) is 55.7 Å². The van der Waals surface area contributed by atoms with Crippen molar-refractivity contribution in [2.24, 2.45) is 0 Å². The topological polar surface area (TPSA) is 59.1 Å². The lowest BCUT2D eigenvalue weighted by atomic mass is 10.2. The normalized spacial score (nSPS) is 14.8. The Bertz CT molecular complexity index is 886. The van der Waals surface area contributed by atoms with Crippen molar-refractivity contribution in [3.8, 4) is 5.75 Å². The van der Waals surface area contributed by atoms with E-state index in [2.05, 4.69) is 17.0 Å². The maximum absolute atomic E-state index is 12.6. The molecule has 8 heteroatoms. The molecule has 1 amide bonds. The van der Waals surface area contributed by atoms with Crippen molar-refractivity contribution >= 4 is 40.8 Å². The molecule has 2 aromatic rings. The van der Waals surface area contributed by atoms with Crippen molar-refractivity contribution in [3.63, 3.8) is 0 Å². The van der Waals surface area contributed by atoms with Gasteiger partial charge in [0.25, 0.3) is 5.91 Å². The number of para-hydroxylation sites is 1. The van der Waals surface area contributed by atoms with Gasteiger partial charge in [-0.25, -0.2) is 0 Å². The number of anilines is 1. The highest BCUT2D eigenvalue weighted by atomic mass is 35.5. The lowest BCUT2D eigenvalue weighted by Gasteiger charge is -2.37. The van der Waals surface area contributed by atoms with Crippen molar-refractivity contribution in [1.29, 1.82) is 0 Å². The molecule has 6 nitrogen and oxygen atoms in total. The molecule has 0 aliphatic carbocycles. The SMILES string of the molecule is CC(OC(=O)CCCOc1ccc(Cl)cc1Cl)C(=O)N1CCN(c2ccccc2)CC1. The van der Waals surface area contributed by atoms with Crippen LogP contribution in [0, 0.1) is 0 Å². The summed E-state index contributed by atoms with van der Waals surface area (Å²) in [6, 6.07) is 15.1. The summed E-state index contributed by atoms with van der Waals surface area (Å²) in [5.74, 6) is -0.0718. The number of ether oxygens (including phenoxy) is 2. The maximum Gasteiger partial charge on any atom is 0.306 e. The Hall–Kier alpha value is -2.44. The number of piperazine rings is 1. The maximum atomic E-state index is 12.6. The van der Waals surface area contributed by atoms with Gasteiger partial charge in [0.2, 0.25) is 0 Å². The fourth-order valence-electron chi connectivity index (χ4n) is 3.38. The van der Waals surface area contributed by atoms with Gasteiger partial charge in [-0.05, 0) is 43.7 Å². The van der Waals surface area contributed by atoms with Gasteiger partial charge in [0, 0.05) is 43.3 Å². The molecule has 1 heterocycles. The summed E-state index contributed by atoms with van der Waals surface area (Å²) in [5.41, 5.74) is 1.15. The average Bonchev–Trinajstić information content (AvgIpc) is 2.78. The Morgan fingerprint density at radius 2 is 1.74 bits per heavy atom. The molecule has 0 bridgehead atoms. The number of amides is 1. The molecule has 0 saturated carbocycles. The van der Waals surface area contributed by atoms with Gasteiger partial charge in [-0.2, -0.15) is 0 Å². The monoisotopic (exact) mass is 464 g/mol. The molecular weight excluding hydrogens is 439 g/mol. The van der Waals surface area contributed by atoms with Crippen LogP contribution in [0.4, 0.5) is 5.69 Å². The second-order valence-electron chi connectivity index (χ2n) is 7.31. The smallest absolute Gasteiger partial charge is 0.306 e. The van der Waals surface area contributed by atoms with E-state index in [0.29, 0.717) is 41.9 Å². The Balaban J connectivity index is 1.36. The van der Waals surface area contributed by atoms with Crippen LogP contribution in [0.15, 0.2) is 48.5 Å². The summed E-state index contributed by atoms with van der Waals surface area (Å²) < 4.78 is 10.9. The van der Waals surface area contributed by atoms with Gasteiger partial charge in [-0.1, -0.05) is 41.4 Å². The van der Waals surface area contributed by atoms with E-state index in [0.717, 1.165) is 18.8 Å². The van der Waals surface area contributed by atoms with Crippen LogP contribution < -0.4 is 9.64 Å². The summed E-state index contributed by atoms with van der Waals surface area (Å²) in [6.45, 7) is 4.63. The first-order valence-corrected chi connectivity index (χ1v) is 11.1. The molecular formula is C23H26Cl2N2O4. The van der Waals surface area contributed by atoms with Crippen molar-refractivity contribution in [2.45, 2.75) is 25.9 Å². The molecule has 1 aliphatic heterocycles. The number of halogens is 2. The molecule has 1 aliphatic rings. The summed E-state index contributed by atoms with van der Waals surface area (Å²) in [7, 11) is 0. The number of hydrogen-bond donors (Lipinski definition) is 0. The Kier molecular flexibility index (Phi) is 8.43. The van der Waals surface area contributed by atoms with Crippen LogP contribution >= 0.6 is 23.2 Å². The van der Waals surface area contributed by atoms with Gasteiger partial charge in [-0.15, -0.1) is 0 Å². The fraction of sp³-hybridized carbons (Fsp3) is 0.391. The summed E-state index contributed by atoms with van der Waals surface area (Å²) >= 11 is 11.9. The first-order chi connectivity index (χ1) is 14.9. The van der Waals surface area contributed by atoms with E-state index in [9.17, 15) is 9.59 Å². The predicted molar refractivity (Wildman–Crippen MR) is 122 cm³/mol. The molecule has 1 unspecified atom stereocenters. The van der Waals surface area contributed by atoms with E-state index in [-0.39, 0.29) is 12.3 Å². The van der Waals surface area contributed by atoms with Crippen LogP contribution in [0.1, 0.15) is 19.8 Å². The number of esters is 1. The lowest BCUT2D eigenvalue weighted by molar-refractivity contribution is -0.159. The zero-order valence-electron chi connectivity index (χ0n) is 17.4. The van der Waals surface area contributed by atoms with Gasteiger partial charge >= 0.3 is 5.97 Å². The number of nitrogens with zero attached hydrogens (tertiary/aromatic N) is 2.